The first kappa shape index (κ1) is 23.1. The standard InChI is InChI=1S/C24H17Br2ClN2O2/c25-20-11-18(10-19(13-28)24(30)29-14-16-6-2-1-3-7-16)23(21(26)12-20)31-15-17-8-4-5-9-22(17)27/h1-12H,14-15H2,(H,29,30)/b19-10+. The summed E-state index contributed by atoms with van der Waals surface area (Å²) in [6, 6.07) is 22.5. The summed E-state index contributed by atoms with van der Waals surface area (Å²) in [6.45, 7) is 0.569. The number of rotatable bonds is 7. The number of nitriles is 1. The van der Waals surface area contributed by atoms with Crippen LogP contribution in [0, 0.1) is 11.3 Å². The number of benzene rings is 3. The first-order valence-corrected chi connectivity index (χ1v) is 11.2. The highest BCUT2D eigenvalue weighted by molar-refractivity contribution is 9.11. The number of carbonyl (C=O) groups is 1. The third-order valence-corrected chi connectivity index (χ3v) is 5.74. The van der Waals surface area contributed by atoms with Gasteiger partial charge in [-0.15, -0.1) is 0 Å². The van der Waals surface area contributed by atoms with Crippen molar-refractivity contribution in [3.63, 3.8) is 0 Å². The second-order valence-electron chi connectivity index (χ2n) is 6.52. The van der Waals surface area contributed by atoms with Gasteiger partial charge in [0.15, 0.2) is 0 Å². The van der Waals surface area contributed by atoms with Crippen LogP contribution in [0.5, 0.6) is 5.75 Å². The van der Waals surface area contributed by atoms with Gasteiger partial charge < -0.3 is 10.1 Å². The molecule has 0 aliphatic rings. The van der Waals surface area contributed by atoms with Gasteiger partial charge in [0.25, 0.3) is 5.91 Å². The van der Waals surface area contributed by atoms with Crippen molar-refractivity contribution in [2.75, 3.05) is 0 Å². The summed E-state index contributed by atoms with van der Waals surface area (Å²) in [5.74, 6) is 0.0474. The molecule has 0 saturated heterocycles. The van der Waals surface area contributed by atoms with E-state index in [4.69, 9.17) is 16.3 Å². The van der Waals surface area contributed by atoms with Crippen LogP contribution in [0.25, 0.3) is 6.08 Å². The molecule has 3 rings (SSSR count). The van der Waals surface area contributed by atoms with E-state index in [2.05, 4.69) is 37.2 Å². The number of amides is 1. The van der Waals surface area contributed by atoms with Gasteiger partial charge in [0.1, 0.15) is 24.0 Å². The van der Waals surface area contributed by atoms with Gasteiger partial charge in [-0.3, -0.25) is 4.79 Å². The fourth-order valence-electron chi connectivity index (χ4n) is 2.78. The lowest BCUT2D eigenvalue weighted by molar-refractivity contribution is -0.117. The van der Waals surface area contributed by atoms with Crippen LogP contribution >= 0.6 is 43.5 Å². The monoisotopic (exact) mass is 558 g/mol. The maximum atomic E-state index is 12.6. The van der Waals surface area contributed by atoms with Crippen molar-refractivity contribution in [2.45, 2.75) is 13.2 Å². The molecule has 0 radical (unpaired) electrons. The topological polar surface area (TPSA) is 62.1 Å². The Morgan fingerprint density at radius 2 is 1.81 bits per heavy atom. The van der Waals surface area contributed by atoms with E-state index in [0.29, 0.717) is 27.4 Å². The minimum Gasteiger partial charge on any atom is -0.487 e. The fourth-order valence-corrected chi connectivity index (χ4v) is 4.35. The molecular formula is C24H17Br2ClN2O2. The Kier molecular flexibility index (Phi) is 8.30. The van der Waals surface area contributed by atoms with Gasteiger partial charge in [0.2, 0.25) is 0 Å². The first-order valence-electron chi connectivity index (χ1n) is 9.27. The van der Waals surface area contributed by atoms with Crippen LogP contribution in [0.4, 0.5) is 0 Å². The van der Waals surface area contributed by atoms with Gasteiger partial charge in [-0.2, -0.15) is 5.26 Å². The predicted molar refractivity (Wildman–Crippen MR) is 130 cm³/mol. The third kappa shape index (κ3) is 6.44. The maximum Gasteiger partial charge on any atom is 0.262 e. The summed E-state index contributed by atoms with van der Waals surface area (Å²) in [4.78, 5) is 12.6. The van der Waals surface area contributed by atoms with Gasteiger partial charge >= 0.3 is 0 Å². The second kappa shape index (κ2) is 11.1. The number of ether oxygens (including phenoxy) is 1. The quantitative estimate of drug-likeness (QED) is 0.259. The van der Waals surface area contributed by atoms with E-state index in [1.165, 1.54) is 6.08 Å². The van der Waals surface area contributed by atoms with Gasteiger partial charge in [0.05, 0.1) is 4.47 Å². The Morgan fingerprint density at radius 3 is 2.52 bits per heavy atom. The van der Waals surface area contributed by atoms with Crippen LogP contribution in [-0.2, 0) is 17.9 Å². The average molecular weight is 561 g/mol. The number of hydrogen-bond acceptors (Lipinski definition) is 3. The summed E-state index contributed by atoms with van der Waals surface area (Å²) in [6.07, 6.45) is 1.51. The van der Waals surface area contributed by atoms with E-state index >= 15 is 0 Å². The molecule has 0 atom stereocenters. The van der Waals surface area contributed by atoms with Crippen LogP contribution in [0.2, 0.25) is 5.02 Å². The highest BCUT2D eigenvalue weighted by atomic mass is 79.9. The molecule has 4 nitrogen and oxygen atoms in total. The number of halogens is 3. The highest BCUT2D eigenvalue weighted by Crippen LogP contribution is 2.35. The van der Waals surface area contributed by atoms with Crippen molar-refractivity contribution in [2.24, 2.45) is 0 Å². The SMILES string of the molecule is N#C/C(=C\c1cc(Br)cc(Br)c1OCc1ccccc1Cl)C(=O)NCc1ccccc1. The van der Waals surface area contributed by atoms with E-state index in [0.717, 1.165) is 15.6 Å². The summed E-state index contributed by atoms with van der Waals surface area (Å²) >= 11 is 13.2. The van der Waals surface area contributed by atoms with Crippen LogP contribution in [0.3, 0.4) is 0 Å². The number of nitrogens with one attached hydrogen (secondary N) is 1. The van der Waals surface area contributed by atoms with Crippen molar-refractivity contribution in [1.82, 2.24) is 5.32 Å². The largest absolute Gasteiger partial charge is 0.487 e. The molecule has 7 heteroatoms. The molecule has 1 N–H and O–H groups in total. The number of nitrogens with zero attached hydrogens (tertiary/aromatic N) is 1. The minimum atomic E-state index is -0.459. The molecule has 156 valence electrons. The van der Waals surface area contributed by atoms with Crippen LogP contribution in [-0.4, -0.2) is 5.91 Å². The summed E-state index contributed by atoms with van der Waals surface area (Å²) in [7, 11) is 0. The molecule has 0 fully saturated rings. The van der Waals surface area contributed by atoms with E-state index in [9.17, 15) is 10.1 Å². The van der Waals surface area contributed by atoms with Gasteiger partial charge in [-0.1, -0.05) is 76.1 Å². The summed E-state index contributed by atoms with van der Waals surface area (Å²) in [5, 5.41) is 12.9. The van der Waals surface area contributed by atoms with E-state index in [1.54, 1.807) is 12.1 Å². The Hall–Kier alpha value is -2.59. The van der Waals surface area contributed by atoms with Crippen molar-refractivity contribution in [3.05, 3.63) is 103 Å². The lowest BCUT2D eigenvalue weighted by atomic mass is 10.1. The van der Waals surface area contributed by atoms with E-state index in [-0.39, 0.29) is 12.2 Å². The molecule has 0 bridgehead atoms. The molecular weight excluding hydrogens is 544 g/mol. The Labute approximate surface area is 202 Å². The smallest absolute Gasteiger partial charge is 0.262 e. The van der Waals surface area contributed by atoms with E-state index < -0.39 is 5.91 Å². The van der Waals surface area contributed by atoms with Crippen LogP contribution in [0.1, 0.15) is 16.7 Å². The highest BCUT2D eigenvalue weighted by Gasteiger charge is 2.14. The second-order valence-corrected chi connectivity index (χ2v) is 8.70. The van der Waals surface area contributed by atoms with Crippen LogP contribution in [0.15, 0.2) is 81.2 Å². The molecule has 3 aromatic rings. The van der Waals surface area contributed by atoms with E-state index in [1.807, 2.05) is 60.7 Å². The number of carbonyl (C=O) groups excluding carboxylic acids is 1. The Bertz CT molecular complexity index is 1160. The predicted octanol–water partition coefficient (Wildman–Crippen LogP) is 6.67. The number of hydrogen-bond donors (Lipinski definition) is 1. The average Bonchev–Trinajstić information content (AvgIpc) is 2.77. The lowest BCUT2D eigenvalue weighted by Crippen LogP contribution is -2.23. The molecule has 3 aromatic carbocycles. The molecule has 0 aliphatic heterocycles. The Morgan fingerprint density at radius 1 is 1.10 bits per heavy atom. The zero-order valence-corrected chi connectivity index (χ0v) is 20.2. The van der Waals surface area contributed by atoms with Crippen molar-refractivity contribution in [3.8, 4) is 11.8 Å². The molecule has 0 saturated carbocycles. The van der Waals surface area contributed by atoms with Crippen molar-refractivity contribution >= 4 is 55.4 Å². The third-order valence-electron chi connectivity index (χ3n) is 4.33. The molecule has 0 aromatic heterocycles. The van der Waals surface area contributed by atoms with Gasteiger partial charge in [-0.25, -0.2) is 0 Å². The normalized spacial score (nSPS) is 11.0. The van der Waals surface area contributed by atoms with Gasteiger partial charge in [0, 0.05) is 27.2 Å². The molecule has 0 spiro atoms. The van der Waals surface area contributed by atoms with Crippen molar-refractivity contribution in [1.29, 1.82) is 5.26 Å². The summed E-state index contributed by atoms with van der Waals surface area (Å²) in [5.41, 5.74) is 2.33. The first-order chi connectivity index (χ1) is 15.0. The summed E-state index contributed by atoms with van der Waals surface area (Å²) < 4.78 is 7.46. The zero-order chi connectivity index (χ0) is 22.2. The Balaban J connectivity index is 1.84. The maximum absolute atomic E-state index is 12.6. The molecule has 0 aliphatic carbocycles. The molecule has 0 heterocycles. The minimum absolute atomic E-state index is 0.0245. The van der Waals surface area contributed by atoms with Gasteiger partial charge in [-0.05, 0) is 45.8 Å². The lowest BCUT2D eigenvalue weighted by Gasteiger charge is -2.13. The zero-order valence-electron chi connectivity index (χ0n) is 16.2. The molecule has 1 amide bonds. The van der Waals surface area contributed by atoms with Crippen LogP contribution < -0.4 is 10.1 Å². The molecule has 31 heavy (non-hydrogen) atoms. The van der Waals surface area contributed by atoms with Crippen molar-refractivity contribution < 1.29 is 9.53 Å². The fraction of sp³-hybridized carbons (Fsp3) is 0.0833. The molecule has 0 unspecified atom stereocenters.